The number of benzene rings is 1. The summed E-state index contributed by atoms with van der Waals surface area (Å²) in [6.45, 7) is 2.03. The van der Waals surface area contributed by atoms with Crippen molar-refractivity contribution in [3.05, 3.63) is 60.2 Å². The van der Waals surface area contributed by atoms with Crippen molar-refractivity contribution >= 4 is 5.65 Å². The first-order chi connectivity index (χ1) is 8.22. The second kappa shape index (κ2) is 5.06. The van der Waals surface area contributed by atoms with E-state index in [4.69, 9.17) is 0 Å². The molecule has 2 heterocycles. The molecule has 1 aromatic carbocycles. The number of nitrogens with zero attached hydrogens (tertiary/aromatic N) is 2. The lowest BCUT2D eigenvalue weighted by atomic mass is 10.2. The van der Waals surface area contributed by atoms with E-state index in [9.17, 15) is 4.39 Å². The summed E-state index contributed by atoms with van der Waals surface area (Å²) in [5.41, 5.74) is 3.86. The van der Waals surface area contributed by atoms with Crippen LogP contribution in [0.3, 0.4) is 0 Å². The number of pyridine rings is 1. The van der Waals surface area contributed by atoms with Crippen LogP contribution in [-0.2, 0) is 0 Å². The highest BCUT2D eigenvalue weighted by Crippen LogP contribution is 2.19. The summed E-state index contributed by atoms with van der Waals surface area (Å²) in [4.78, 5) is 4.51. The number of halogens is 2. The zero-order valence-corrected chi connectivity index (χ0v) is 11.9. The maximum Gasteiger partial charge on any atom is 0.137 e. The summed E-state index contributed by atoms with van der Waals surface area (Å²) in [5.74, 6) is -0.228. The molecule has 0 saturated carbocycles. The Labute approximate surface area is 122 Å². The van der Waals surface area contributed by atoms with E-state index in [1.165, 1.54) is 17.7 Å². The molecule has 0 bridgehead atoms. The molecule has 4 heteroatoms. The highest BCUT2D eigenvalue weighted by Gasteiger charge is 2.04. The minimum Gasteiger partial charge on any atom is -1.00 e. The van der Waals surface area contributed by atoms with E-state index in [-0.39, 0.29) is 29.8 Å². The Kier molecular flexibility index (Phi) is 3.65. The summed E-state index contributed by atoms with van der Waals surface area (Å²) < 4.78 is 14.8. The fourth-order valence-corrected chi connectivity index (χ4v) is 1.84. The van der Waals surface area contributed by atoms with Crippen LogP contribution in [0.25, 0.3) is 16.9 Å². The van der Waals surface area contributed by atoms with E-state index >= 15 is 0 Å². The molecule has 0 N–H and O–H groups in total. The van der Waals surface area contributed by atoms with Gasteiger partial charge < -0.3 is 28.4 Å². The molecule has 0 spiro atoms. The van der Waals surface area contributed by atoms with Gasteiger partial charge in [-0.1, -0.05) is 0 Å². The second-order valence-corrected chi connectivity index (χ2v) is 4.10. The van der Waals surface area contributed by atoms with Crippen LogP contribution in [-0.4, -0.2) is 9.38 Å². The fourth-order valence-electron chi connectivity index (χ4n) is 1.84. The molecule has 0 unspecified atom stereocenters. The molecule has 3 rings (SSSR count). The van der Waals surface area contributed by atoms with Crippen LogP contribution < -0.4 is 24.0 Å². The number of aryl methyl sites for hydroxylation is 1. The maximum atomic E-state index is 12.8. The van der Waals surface area contributed by atoms with Gasteiger partial charge in [0.2, 0.25) is 0 Å². The van der Waals surface area contributed by atoms with Crippen molar-refractivity contribution in [1.82, 2.24) is 9.38 Å². The molecule has 18 heavy (non-hydrogen) atoms. The third-order valence-electron chi connectivity index (χ3n) is 2.76. The van der Waals surface area contributed by atoms with Crippen LogP contribution in [0.2, 0.25) is 0 Å². The molecular weight excluding hydrogens is 342 g/mol. The minimum absolute atomic E-state index is 0. The van der Waals surface area contributed by atoms with Crippen molar-refractivity contribution in [2.75, 3.05) is 0 Å². The van der Waals surface area contributed by atoms with E-state index in [0.717, 1.165) is 16.9 Å². The first-order valence-electron chi connectivity index (χ1n) is 5.44. The van der Waals surface area contributed by atoms with Crippen molar-refractivity contribution < 1.29 is 28.4 Å². The standard InChI is InChI=1S/C14H11FN2.HI/c1-10-6-7-17-9-13(16-14(17)8-10)11-2-4-12(15)5-3-11;/h2-9H,1H3;1H/p-1. The summed E-state index contributed by atoms with van der Waals surface area (Å²) in [7, 11) is 0. The highest BCUT2D eigenvalue weighted by molar-refractivity contribution is 5.62. The fraction of sp³-hybridized carbons (Fsp3) is 0.0714. The molecule has 0 aliphatic rings. The molecule has 0 saturated heterocycles. The molecule has 2 aromatic heterocycles. The number of rotatable bonds is 1. The van der Waals surface area contributed by atoms with Crippen LogP contribution in [0.4, 0.5) is 4.39 Å². The molecule has 0 radical (unpaired) electrons. The molecule has 0 amide bonds. The summed E-state index contributed by atoms with van der Waals surface area (Å²) in [6.07, 6.45) is 3.92. The predicted octanol–water partition coefficient (Wildman–Crippen LogP) is 0.453. The van der Waals surface area contributed by atoms with Crippen molar-refractivity contribution in [3.63, 3.8) is 0 Å². The first kappa shape index (κ1) is 13.0. The molecule has 0 fully saturated rings. The van der Waals surface area contributed by atoms with Gasteiger partial charge in [0, 0.05) is 18.0 Å². The normalized spacial score (nSPS) is 10.3. The molecule has 3 aromatic rings. The van der Waals surface area contributed by atoms with Gasteiger partial charge in [-0.3, -0.25) is 0 Å². The smallest absolute Gasteiger partial charge is 0.137 e. The summed E-state index contributed by atoms with van der Waals surface area (Å²) >= 11 is 0. The Hall–Kier alpha value is -1.43. The van der Waals surface area contributed by atoms with E-state index in [0.29, 0.717) is 0 Å². The Bertz CT molecular complexity index is 674. The lowest BCUT2D eigenvalue weighted by Crippen LogP contribution is -3.00. The second-order valence-electron chi connectivity index (χ2n) is 4.10. The van der Waals surface area contributed by atoms with Gasteiger partial charge in [0.25, 0.3) is 0 Å². The molecule has 2 nitrogen and oxygen atoms in total. The van der Waals surface area contributed by atoms with Gasteiger partial charge in [-0.2, -0.15) is 0 Å². The minimum atomic E-state index is -0.228. The quantitative estimate of drug-likeness (QED) is 0.581. The van der Waals surface area contributed by atoms with Crippen LogP contribution >= 0.6 is 0 Å². The topological polar surface area (TPSA) is 17.3 Å². The number of fused-ring (bicyclic) bond motifs is 1. The highest BCUT2D eigenvalue weighted by atomic mass is 127. The van der Waals surface area contributed by atoms with E-state index in [2.05, 4.69) is 4.98 Å². The van der Waals surface area contributed by atoms with Crippen molar-refractivity contribution in [1.29, 1.82) is 0 Å². The average Bonchev–Trinajstić information content (AvgIpc) is 2.72. The van der Waals surface area contributed by atoms with E-state index < -0.39 is 0 Å². The lowest BCUT2D eigenvalue weighted by molar-refractivity contribution is -0.00000415. The SMILES string of the molecule is Cc1ccn2cc(-c3ccc(F)cc3)nc2c1.[I-]. The number of aromatic nitrogens is 2. The van der Waals surface area contributed by atoms with Crippen molar-refractivity contribution in [2.45, 2.75) is 6.92 Å². The van der Waals surface area contributed by atoms with Gasteiger partial charge in [0.05, 0.1) is 5.69 Å². The average molecular weight is 353 g/mol. The first-order valence-corrected chi connectivity index (χ1v) is 5.44. The molecule has 0 aliphatic carbocycles. The van der Waals surface area contributed by atoms with Gasteiger partial charge in [-0.25, -0.2) is 9.37 Å². The molecule has 0 aliphatic heterocycles. The zero-order chi connectivity index (χ0) is 11.8. The molecule has 0 atom stereocenters. The van der Waals surface area contributed by atoms with Crippen LogP contribution in [0.15, 0.2) is 48.8 Å². The van der Waals surface area contributed by atoms with E-state index in [1.54, 1.807) is 12.1 Å². The van der Waals surface area contributed by atoms with Gasteiger partial charge >= 0.3 is 0 Å². The predicted molar refractivity (Wildman–Crippen MR) is 65.3 cm³/mol. The number of hydrogen-bond acceptors (Lipinski definition) is 1. The van der Waals surface area contributed by atoms with Crippen LogP contribution in [0.1, 0.15) is 5.56 Å². The maximum absolute atomic E-state index is 12.8. The Morgan fingerprint density at radius 1 is 1.11 bits per heavy atom. The third kappa shape index (κ3) is 2.38. The van der Waals surface area contributed by atoms with Crippen LogP contribution in [0.5, 0.6) is 0 Å². The Morgan fingerprint density at radius 3 is 2.56 bits per heavy atom. The number of hydrogen-bond donors (Lipinski definition) is 0. The summed E-state index contributed by atoms with van der Waals surface area (Å²) in [5, 5.41) is 0. The van der Waals surface area contributed by atoms with Crippen molar-refractivity contribution in [3.8, 4) is 11.3 Å². The zero-order valence-electron chi connectivity index (χ0n) is 9.77. The monoisotopic (exact) mass is 353 g/mol. The van der Waals surface area contributed by atoms with Gasteiger partial charge in [-0.15, -0.1) is 0 Å². The summed E-state index contributed by atoms with van der Waals surface area (Å²) in [6, 6.07) is 10.4. The number of imidazole rings is 1. The molecule has 92 valence electrons. The lowest BCUT2D eigenvalue weighted by Gasteiger charge is -1.94. The van der Waals surface area contributed by atoms with Gasteiger partial charge in [-0.05, 0) is 48.9 Å². The van der Waals surface area contributed by atoms with Crippen LogP contribution in [0, 0.1) is 12.7 Å². The van der Waals surface area contributed by atoms with E-state index in [1.807, 2.05) is 35.9 Å². The third-order valence-corrected chi connectivity index (χ3v) is 2.76. The van der Waals surface area contributed by atoms with Crippen molar-refractivity contribution in [2.24, 2.45) is 0 Å². The van der Waals surface area contributed by atoms with Gasteiger partial charge in [0.1, 0.15) is 11.5 Å². The Balaban J connectivity index is 0.00000120. The largest absolute Gasteiger partial charge is 1.00 e. The van der Waals surface area contributed by atoms with Gasteiger partial charge in [0.15, 0.2) is 0 Å². The molecular formula is C14H11FIN2-. The Morgan fingerprint density at radius 2 is 1.83 bits per heavy atom.